The normalized spacial score (nSPS) is 20.4. The van der Waals surface area contributed by atoms with Crippen molar-refractivity contribution in [3.63, 3.8) is 0 Å². The number of amides is 1. The van der Waals surface area contributed by atoms with Gasteiger partial charge in [0, 0.05) is 55.4 Å². The molecule has 2 aliphatic heterocycles. The number of piperazine rings is 1. The number of sulfonamides is 1. The minimum absolute atomic E-state index is 0.167. The van der Waals surface area contributed by atoms with Crippen molar-refractivity contribution < 1.29 is 41.0 Å². The molecule has 5 rings (SSSR count). The summed E-state index contributed by atoms with van der Waals surface area (Å²) in [5.41, 5.74) is 0.126. The summed E-state index contributed by atoms with van der Waals surface area (Å²) in [6, 6.07) is 11.2. The van der Waals surface area contributed by atoms with Crippen molar-refractivity contribution in [3.8, 4) is 11.5 Å². The second kappa shape index (κ2) is 11.1. The number of hydrogen-bond acceptors (Lipinski definition) is 8. The van der Waals surface area contributed by atoms with Gasteiger partial charge < -0.3 is 24.4 Å². The molecular weight excluding hydrogens is 577 g/mol. The zero-order chi connectivity index (χ0) is 30.3. The summed E-state index contributed by atoms with van der Waals surface area (Å²) in [4.78, 5) is 20.5. The van der Waals surface area contributed by atoms with E-state index in [9.17, 15) is 31.5 Å². The number of alkyl halides is 3. The fourth-order valence-electron chi connectivity index (χ4n) is 5.08. The number of carbonyl (C=O) groups is 1. The fourth-order valence-corrected chi connectivity index (χ4v) is 6.43. The number of aromatic nitrogens is 1. The summed E-state index contributed by atoms with van der Waals surface area (Å²) in [5.74, 6) is -0.998. The van der Waals surface area contributed by atoms with Crippen molar-refractivity contribution in [2.24, 2.45) is 0 Å². The molecule has 1 aromatic heterocycles. The van der Waals surface area contributed by atoms with Crippen LogP contribution in [0.25, 0.3) is 0 Å². The summed E-state index contributed by atoms with van der Waals surface area (Å²) in [5, 5.41) is 11.2. The van der Waals surface area contributed by atoms with E-state index in [1.54, 1.807) is 37.2 Å². The highest BCUT2D eigenvalue weighted by atomic mass is 32.2. The van der Waals surface area contributed by atoms with Crippen LogP contribution in [0.5, 0.6) is 11.5 Å². The number of aliphatic hydroxyl groups excluding tert-OH is 1. The number of halogens is 3. The number of benzene rings is 2. The average Bonchev–Trinajstić information content (AvgIpc) is 2.95. The number of rotatable bonds is 6. The number of ether oxygens (including phenoxy) is 2. The van der Waals surface area contributed by atoms with Crippen LogP contribution < -0.4 is 19.1 Å². The summed E-state index contributed by atoms with van der Waals surface area (Å²) in [6.45, 7) is 5.16. The number of para-hydroxylation sites is 1. The Bertz CT molecular complexity index is 1560. The maximum Gasteiger partial charge on any atom is 0.573 e. The largest absolute Gasteiger partial charge is 0.573 e. The molecule has 0 saturated carbocycles. The lowest BCUT2D eigenvalue weighted by molar-refractivity contribution is -0.275. The summed E-state index contributed by atoms with van der Waals surface area (Å²) >= 11 is 0. The number of carbonyl (C=O) groups excluding carboxylic acids is 1. The lowest BCUT2D eigenvalue weighted by Crippen LogP contribution is -2.53. The monoisotopic (exact) mass is 606 g/mol. The average molecular weight is 607 g/mol. The first-order valence-electron chi connectivity index (χ1n) is 13.1. The smallest absolute Gasteiger partial charge is 0.485 e. The van der Waals surface area contributed by atoms with E-state index in [1.807, 2.05) is 12.1 Å². The quantitative estimate of drug-likeness (QED) is 0.438. The molecule has 2 atom stereocenters. The molecule has 42 heavy (non-hydrogen) atoms. The zero-order valence-electron chi connectivity index (χ0n) is 22.7. The molecule has 10 nitrogen and oxygen atoms in total. The lowest BCUT2D eigenvalue weighted by Gasteiger charge is -2.42. The summed E-state index contributed by atoms with van der Waals surface area (Å²) < 4.78 is 77.9. The van der Waals surface area contributed by atoms with E-state index >= 15 is 0 Å². The Morgan fingerprint density at radius 3 is 2.40 bits per heavy atom. The van der Waals surface area contributed by atoms with E-state index in [0.29, 0.717) is 26.2 Å². The molecule has 1 fully saturated rings. The number of pyridine rings is 1. The van der Waals surface area contributed by atoms with Crippen LogP contribution in [0, 0.1) is 0 Å². The Kier molecular flexibility index (Phi) is 7.81. The Morgan fingerprint density at radius 1 is 1.07 bits per heavy atom. The van der Waals surface area contributed by atoms with Crippen molar-refractivity contribution in [1.29, 1.82) is 0 Å². The molecule has 0 aliphatic carbocycles. The third-order valence-corrected chi connectivity index (χ3v) is 8.71. The van der Waals surface area contributed by atoms with Gasteiger partial charge in [-0.2, -0.15) is 0 Å². The minimum Gasteiger partial charge on any atom is -0.485 e. The molecule has 0 unspecified atom stereocenters. The Hall–Kier alpha value is -3.88. The molecule has 2 aromatic carbocycles. The van der Waals surface area contributed by atoms with Gasteiger partial charge in [0.1, 0.15) is 28.1 Å². The Labute approximate surface area is 240 Å². The van der Waals surface area contributed by atoms with E-state index in [0.717, 1.165) is 17.8 Å². The molecule has 14 heteroatoms. The number of fused-ring (bicyclic) bond motifs is 1. The van der Waals surface area contributed by atoms with Gasteiger partial charge in [-0.05, 0) is 56.3 Å². The first-order chi connectivity index (χ1) is 19.7. The van der Waals surface area contributed by atoms with Crippen molar-refractivity contribution in [1.82, 2.24) is 14.6 Å². The minimum atomic E-state index is -5.13. The molecular formula is C28H29F3N4O6S. The fraction of sp³-hybridized carbons (Fsp3) is 0.357. The van der Waals surface area contributed by atoms with E-state index in [2.05, 4.69) is 19.3 Å². The van der Waals surface area contributed by atoms with E-state index < -0.39 is 44.8 Å². The molecule has 0 bridgehead atoms. The molecule has 1 saturated heterocycles. The maximum absolute atomic E-state index is 13.5. The molecule has 2 N–H and O–H groups in total. The standard InChI is InChI=1S/C28H29F3N4O6S/c1-27(2)25(36)24(33-42(38,39)23-6-4-3-5-22(23)41-28(29,30)31)20-17-18(7-8-21(20)40-27)26(37)35-15-13-34(14-16-35)19-9-11-32-12-10-19/h3-12,17,24-25,33,36H,13-16H2,1-2H3/t24-,25+/m1/s1. The third-order valence-electron chi connectivity index (χ3n) is 7.23. The van der Waals surface area contributed by atoms with Crippen LogP contribution in [0.3, 0.4) is 0 Å². The predicted octanol–water partition coefficient (Wildman–Crippen LogP) is 3.49. The first kappa shape index (κ1) is 29.6. The molecule has 2 aliphatic rings. The summed E-state index contributed by atoms with van der Waals surface area (Å²) in [6.07, 6.45) is -3.20. The Morgan fingerprint density at radius 2 is 1.74 bits per heavy atom. The zero-order valence-corrected chi connectivity index (χ0v) is 23.5. The van der Waals surface area contributed by atoms with Gasteiger partial charge >= 0.3 is 6.36 Å². The second-order valence-corrected chi connectivity index (χ2v) is 12.2. The van der Waals surface area contributed by atoms with Crippen molar-refractivity contribution in [3.05, 3.63) is 78.1 Å². The van der Waals surface area contributed by atoms with E-state index in [4.69, 9.17) is 4.74 Å². The second-order valence-electron chi connectivity index (χ2n) is 10.5. The van der Waals surface area contributed by atoms with Crippen molar-refractivity contribution in [2.75, 3.05) is 31.1 Å². The van der Waals surface area contributed by atoms with Crippen LogP contribution >= 0.6 is 0 Å². The molecule has 0 spiro atoms. The van der Waals surface area contributed by atoms with Gasteiger partial charge in [0.2, 0.25) is 10.0 Å². The van der Waals surface area contributed by atoms with Crippen LogP contribution in [0.2, 0.25) is 0 Å². The SMILES string of the molecule is CC1(C)Oc2ccc(C(=O)N3CCN(c4ccncc4)CC3)cc2[C@@H](NS(=O)(=O)c2ccccc2OC(F)(F)F)[C@@H]1O. The van der Waals surface area contributed by atoms with Gasteiger partial charge in [-0.15, -0.1) is 13.2 Å². The molecule has 1 amide bonds. The van der Waals surface area contributed by atoms with Gasteiger partial charge in [-0.3, -0.25) is 9.78 Å². The van der Waals surface area contributed by atoms with Crippen molar-refractivity contribution in [2.45, 2.75) is 42.9 Å². The highest BCUT2D eigenvalue weighted by molar-refractivity contribution is 7.89. The van der Waals surface area contributed by atoms with E-state index in [1.165, 1.54) is 24.3 Å². The number of hydrogen-bond donors (Lipinski definition) is 2. The molecule has 3 heterocycles. The van der Waals surface area contributed by atoms with Gasteiger partial charge in [-0.25, -0.2) is 13.1 Å². The number of nitrogens with one attached hydrogen (secondary N) is 1. The summed E-state index contributed by atoms with van der Waals surface area (Å²) in [7, 11) is -4.67. The number of anilines is 1. The molecule has 0 radical (unpaired) electrons. The first-order valence-corrected chi connectivity index (χ1v) is 14.6. The van der Waals surface area contributed by atoms with Crippen LogP contribution in [-0.4, -0.2) is 73.6 Å². The van der Waals surface area contributed by atoms with Crippen molar-refractivity contribution >= 4 is 21.6 Å². The van der Waals surface area contributed by atoms with Crippen LogP contribution in [0.4, 0.5) is 18.9 Å². The van der Waals surface area contributed by atoms with Gasteiger partial charge in [-0.1, -0.05) is 12.1 Å². The van der Waals surface area contributed by atoms with Crippen LogP contribution in [-0.2, 0) is 10.0 Å². The topological polar surface area (TPSA) is 121 Å². The van der Waals surface area contributed by atoms with Crippen LogP contribution in [0.1, 0.15) is 35.8 Å². The van der Waals surface area contributed by atoms with Gasteiger partial charge in [0.25, 0.3) is 5.91 Å². The molecule has 3 aromatic rings. The maximum atomic E-state index is 13.5. The highest BCUT2D eigenvalue weighted by Crippen LogP contribution is 2.42. The van der Waals surface area contributed by atoms with E-state index in [-0.39, 0.29) is 22.8 Å². The van der Waals surface area contributed by atoms with Gasteiger partial charge in [0.15, 0.2) is 0 Å². The Balaban J connectivity index is 1.42. The van der Waals surface area contributed by atoms with Gasteiger partial charge in [0.05, 0.1) is 6.04 Å². The number of aliphatic hydroxyl groups is 1. The molecule has 224 valence electrons. The van der Waals surface area contributed by atoms with Crippen LogP contribution in [0.15, 0.2) is 71.9 Å². The predicted molar refractivity (Wildman–Crippen MR) is 146 cm³/mol. The number of nitrogens with zero attached hydrogens (tertiary/aromatic N) is 3. The third kappa shape index (κ3) is 6.15. The highest BCUT2D eigenvalue weighted by Gasteiger charge is 2.45. The lowest BCUT2D eigenvalue weighted by atomic mass is 9.86.